The summed E-state index contributed by atoms with van der Waals surface area (Å²) < 4.78 is 5.58. The van der Waals surface area contributed by atoms with E-state index in [2.05, 4.69) is 10.3 Å². The number of anilines is 1. The van der Waals surface area contributed by atoms with Crippen molar-refractivity contribution in [1.82, 2.24) is 4.98 Å². The molecule has 1 saturated carbocycles. The molecule has 0 aromatic carbocycles. The Balaban J connectivity index is 1.99. The minimum Gasteiger partial charge on any atom is -0.476 e. The summed E-state index contributed by atoms with van der Waals surface area (Å²) in [5, 5.41) is 3.05. The van der Waals surface area contributed by atoms with Crippen molar-refractivity contribution in [2.24, 2.45) is 5.92 Å². The van der Waals surface area contributed by atoms with E-state index in [9.17, 15) is 0 Å². The summed E-state index contributed by atoms with van der Waals surface area (Å²) in [7, 11) is 1.88. The third-order valence-corrected chi connectivity index (χ3v) is 2.19. The fraction of sp³-hybridized carbons (Fsp3) is 0.500. The molecule has 0 unspecified atom stereocenters. The largest absolute Gasteiger partial charge is 0.476 e. The summed E-state index contributed by atoms with van der Waals surface area (Å²) in [4.78, 5) is 4.16. The van der Waals surface area contributed by atoms with E-state index in [0.29, 0.717) is 0 Å². The maximum absolute atomic E-state index is 5.58. The van der Waals surface area contributed by atoms with E-state index in [1.165, 1.54) is 12.8 Å². The van der Waals surface area contributed by atoms with Crippen molar-refractivity contribution in [2.75, 3.05) is 19.0 Å². The highest BCUT2D eigenvalue weighted by Crippen LogP contribution is 2.30. The number of nitrogens with zero attached hydrogens (tertiary/aromatic N) is 1. The highest BCUT2D eigenvalue weighted by molar-refractivity contribution is 5.51. The zero-order valence-corrected chi connectivity index (χ0v) is 7.79. The lowest BCUT2D eigenvalue weighted by molar-refractivity contribution is 0.290. The molecule has 0 atom stereocenters. The highest BCUT2D eigenvalue weighted by atomic mass is 16.5. The molecule has 70 valence electrons. The number of hydrogen-bond donors (Lipinski definition) is 1. The van der Waals surface area contributed by atoms with Crippen LogP contribution in [0.5, 0.6) is 5.88 Å². The Morgan fingerprint density at radius 2 is 2.46 bits per heavy atom. The molecule has 0 amide bonds. The molecule has 1 aromatic heterocycles. The van der Waals surface area contributed by atoms with Crippen LogP contribution >= 0.6 is 0 Å². The number of nitrogens with one attached hydrogen (secondary N) is 1. The predicted octanol–water partition coefficient (Wildman–Crippen LogP) is 1.91. The minimum absolute atomic E-state index is 0.719. The molecular formula is C10H14N2O. The molecule has 1 N–H and O–H groups in total. The number of hydrogen-bond acceptors (Lipinski definition) is 3. The van der Waals surface area contributed by atoms with Crippen molar-refractivity contribution in [3.63, 3.8) is 0 Å². The van der Waals surface area contributed by atoms with E-state index < -0.39 is 0 Å². The van der Waals surface area contributed by atoms with Crippen molar-refractivity contribution in [3.05, 3.63) is 18.3 Å². The second kappa shape index (κ2) is 3.64. The lowest BCUT2D eigenvalue weighted by Crippen LogP contribution is -2.03. The van der Waals surface area contributed by atoms with E-state index in [-0.39, 0.29) is 0 Å². The van der Waals surface area contributed by atoms with Crippen LogP contribution in [0.4, 0.5) is 5.69 Å². The normalized spacial score (nSPS) is 15.5. The summed E-state index contributed by atoms with van der Waals surface area (Å²) in [5.74, 6) is 1.49. The topological polar surface area (TPSA) is 34.2 Å². The van der Waals surface area contributed by atoms with E-state index in [1.54, 1.807) is 6.20 Å². The van der Waals surface area contributed by atoms with Crippen LogP contribution in [0.3, 0.4) is 0 Å². The maximum Gasteiger partial charge on any atom is 0.237 e. The van der Waals surface area contributed by atoms with E-state index in [0.717, 1.165) is 24.1 Å². The van der Waals surface area contributed by atoms with Gasteiger partial charge in [0.05, 0.1) is 12.3 Å². The van der Waals surface area contributed by atoms with Gasteiger partial charge < -0.3 is 10.1 Å². The smallest absolute Gasteiger partial charge is 0.237 e. The van der Waals surface area contributed by atoms with Gasteiger partial charge in [-0.2, -0.15) is 0 Å². The number of aromatic nitrogens is 1. The van der Waals surface area contributed by atoms with Crippen molar-refractivity contribution in [3.8, 4) is 5.88 Å². The van der Waals surface area contributed by atoms with Crippen LogP contribution < -0.4 is 10.1 Å². The van der Waals surface area contributed by atoms with Crippen LogP contribution in [0.15, 0.2) is 18.3 Å². The molecule has 0 radical (unpaired) electrons. The number of rotatable bonds is 4. The minimum atomic E-state index is 0.719. The van der Waals surface area contributed by atoms with Gasteiger partial charge in [0.25, 0.3) is 0 Å². The average Bonchev–Trinajstić information content (AvgIpc) is 2.99. The van der Waals surface area contributed by atoms with Gasteiger partial charge in [-0.05, 0) is 30.9 Å². The molecule has 0 spiro atoms. The van der Waals surface area contributed by atoms with Crippen molar-refractivity contribution < 1.29 is 4.74 Å². The molecule has 3 nitrogen and oxygen atoms in total. The van der Waals surface area contributed by atoms with Crippen LogP contribution in [-0.2, 0) is 0 Å². The fourth-order valence-electron chi connectivity index (χ4n) is 1.18. The Morgan fingerprint density at radius 3 is 3.15 bits per heavy atom. The molecule has 1 heterocycles. The van der Waals surface area contributed by atoms with Gasteiger partial charge in [0.15, 0.2) is 0 Å². The summed E-state index contributed by atoms with van der Waals surface area (Å²) >= 11 is 0. The van der Waals surface area contributed by atoms with E-state index in [4.69, 9.17) is 4.74 Å². The van der Waals surface area contributed by atoms with Crippen LogP contribution in [0.2, 0.25) is 0 Å². The van der Waals surface area contributed by atoms with Gasteiger partial charge in [0.1, 0.15) is 0 Å². The Bertz CT molecular complexity index is 284. The molecule has 1 aliphatic rings. The summed E-state index contributed by atoms with van der Waals surface area (Å²) in [6.45, 7) is 0.811. The van der Waals surface area contributed by atoms with Gasteiger partial charge in [-0.3, -0.25) is 0 Å². The number of ether oxygens (including phenoxy) is 1. The molecule has 13 heavy (non-hydrogen) atoms. The second-order valence-electron chi connectivity index (χ2n) is 3.36. The Labute approximate surface area is 78.1 Å². The summed E-state index contributed by atoms with van der Waals surface area (Å²) in [5.41, 5.74) is 0.961. The Kier molecular flexibility index (Phi) is 2.34. The summed E-state index contributed by atoms with van der Waals surface area (Å²) in [6.07, 6.45) is 4.37. The predicted molar refractivity (Wildman–Crippen MR) is 52.0 cm³/mol. The lowest BCUT2D eigenvalue weighted by Gasteiger charge is -2.08. The highest BCUT2D eigenvalue weighted by Gasteiger charge is 2.22. The van der Waals surface area contributed by atoms with Crippen molar-refractivity contribution in [2.45, 2.75) is 12.8 Å². The third kappa shape index (κ3) is 2.11. The zero-order chi connectivity index (χ0) is 9.10. The van der Waals surface area contributed by atoms with E-state index in [1.807, 2.05) is 19.2 Å². The van der Waals surface area contributed by atoms with Crippen molar-refractivity contribution in [1.29, 1.82) is 0 Å². The first-order valence-electron chi connectivity index (χ1n) is 4.65. The fourth-order valence-corrected chi connectivity index (χ4v) is 1.18. The molecule has 1 aromatic rings. The first-order valence-corrected chi connectivity index (χ1v) is 4.65. The molecule has 1 fully saturated rings. The van der Waals surface area contributed by atoms with Gasteiger partial charge in [0.2, 0.25) is 5.88 Å². The van der Waals surface area contributed by atoms with Gasteiger partial charge in [-0.25, -0.2) is 4.98 Å². The second-order valence-corrected chi connectivity index (χ2v) is 3.36. The summed E-state index contributed by atoms with van der Waals surface area (Å²) in [6, 6.07) is 3.87. The molecule has 2 rings (SSSR count). The molecular weight excluding hydrogens is 164 g/mol. The van der Waals surface area contributed by atoms with Gasteiger partial charge in [0, 0.05) is 13.2 Å². The molecule has 3 heteroatoms. The molecule has 0 aliphatic heterocycles. The lowest BCUT2D eigenvalue weighted by atomic mass is 10.4. The molecule has 0 bridgehead atoms. The van der Waals surface area contributed by atoms with Gasteiger partial charge in [-0.1, -0.05) is 0 Å². The number of pyridine rings is 1. The average molecular weight is 178 g/mol. The SMILES string of the molecule is CNc1cccnc1OCC1CC1. The van der Waals surface area contributed by atoms with Crippen LogP contribution in [0.1, 0.15) is 12.8 Å². The first-order chi connectivity index (χ1) is 6.40. The maximum atomic E-state index is 5.58. The van der Waals surface area contributed by atoms with E-state index >= 15 is 0 Å². The molecule has 1 aliphatic carbocycles. The first kappa shape index (κ1) is 8.35. The Morgan fingerprint density at radius 1 is 1.62 bits per heavy atom. The monoisotopic (exact) mass is 178 g/mol. The van der Waals surface area contributed by atoms with Gasteiger partial charge in [-0.15, -0.1) is 0 Å². The Hall–Kier alpha value is -1.25. The third-order valence-electron chi connectivity index (χ3n) is 2.19. The van der Waals surface area contributed by atoms with Gasteiger partial charge >= 0.3 is 0 Å². The standard InChI is InChI=1S/C10H14N2O/c1-11-9-3-2-6-12-10(9)13-7-8-4-5-8/h2-3,6,8,11H,4-5,7H2,1H3. The zero-order valence-electron chi connectivity index (χ0n) is 7.79. The van der Waals surface area contributed by atoms with Crippen LogP contribution in [0.25, 0.3) is 0 Å². The van der Waals surface area contributed by atoms with Crippen LogP contribution in [0, 0.1) is 5.92 Å². The molecule has 0 saturated heterocycles. The quantitative estimate of drug-likeness (QED) is 0.764. The van der Waals surface area contributed by atoms with Crippen LogP contribution in [-0.4, -0.2) is 18.6 Å². The van der Waals surface area contributed by atoms with Crippen molar-refractivity contribution >= 4 is 5.69 Å².